The fourth-order valence-corrected chi connectivity index (χ4v) is 3.96. The van der Waals surface area contributed by atoms with Crippen molar-refractivity contribution in [2.75, 3.05) is 56.7 Å². The first-order chi connectivity index (χ1) is 17.8. The van der Waals surface area contributed by atoms with E-state index in [0.29, 0.717) is 38.0 Å². The van der Waals surface area contributed by atoms with Gasteiger partial charge in [0.1, 0.15) is 12.2 Å². The van der Waals surface area contributed by atoms with Crippen molar-refractivity contribution in [3.8, 4) is 0 Å². The van der Waals surface area contributed by atoms with Crippen molar-refractivity contribution in [3.05, 3.63) is 52.2 Å². The van der Waals surface area contributed by atoms with Gasteiger partial charge in [-0.1, -0.05) is 6.08 Å². The molecule has 2 N–H and O–H groups in total. The van der Waals surface area contributed by atoms with E-state index in [1.165, 1.54) is 32.1 Å². The third-order valence-electron chi connectivity index (χ3n) is 6.03. The molecule has 0 aromatic carbocycles. The van der Waals surface area contributed by atoms with Crippen LogP contribution in [0.5, 0.6) is 0 Å². The van der Waals surface area contributed by atoms with E-state index in [0.717, 1.165) is 11.8 Å². The van der Waals surface area contributed by atoms with E-state index in [1.807, 2.05) is 17.3 Å². The number of alkyl halides is 3. The number of aromatic amines is 1. The fraction of sp³-hybridized carbons (Fsp3) is 0.522. The van der Waals surface area contributed by atoms with Crippen LogP contribution in [0.25, 0.3) is 0 Å². The van der Waals surface area contributed by atoms with Crippen LogP contribution in [0.3, 0.4) is 0 Å². The van der Waals surface area contributed by atoms with Gasteiger partial charge in [0.05, 0.1) is 24.5 Å². The molecule has 14 heteroatoms. The maximum absolute atomic E-state index is 13.3. The molecule has 1 aliphatic carbocycles. The number of nitrogens with one attached hydrogen (secondary N) is 2. The van der Waals surface area contributed by atoms with Gasteiger partial charge in [-0.25, -0.2) is 19.9 Å². The van der Waals surface area contributed by atoms with E-state index in [4.69, 9.17) is 9.47 Å². The summed E-state index contributed by atoms with van der Waals surface area (Å²) in [5, 5.41) is 7.81. The Bertz CT molecular complexity index is 1140. The van der Waals surface area contributed by atoms with E-state index >= 15 is 0 Å². The monoisotopic (exact) mass is 523 g/mol. The van der Waals surface area contributed by atoms with Crippen LogP contribution >= 0.6 is 0 Å². The number of amides is 1. The lowest BCUT2D eigenvalue weighted by atomic mass is 10.2. The molecule has 0 spiro atoms. The van der Waals surface area contributed by atoms with E-state index in [9.17, 15) is 22.8 Å². The van der Waals surface area contributed by atoms with Crippen LogP contribution in [0.15, 0.2) is 35.5 Å². The van der Waals surface area contributed by atoms with Gasteiger partial charge in [0, 0.05) is 45.7 Å². The molecule has 1 amide bonds. The maximum Gasteiger partial charge on any atom is 0.423 e. The largest absolute Gasteiger partial charge is 0.445 e. The summed E-state index contributed by atoms with van der Waals surface area (Å²) in [6, 6.07) is -0.733. The predicted octanol–water partition coefficient (Wildman–Crippen LogP) is 2.40. The van der Waals surface area contributed by atoms with Gasteiger partial charge in [-0.3, -0.25) is 4.79 Å². The zero-order valence-corrected chi connectivity index (χ0v) is 20.2. The Hall–Kier alpha value is -3.68. The first-order valence-corrected chi connectivity index (χ1v) is 11.8. The van der Waals surface area contributed by atoms with Gasteiger partial charge in [0.15, 0.2) is 0 Å². The van der Waals surface area contributed by atoms with Crippen LogP contribution in [0.1, 0.15) is 29.9 Å². The minimum atomic E-state index is -4.87. The highest BCUT2D eigenvalue weighted by Crippen LogP contribution is 2.39. The zero-order chi connectivity index (χ0) is 26.4. The number of anilines is 2. The summed E-state index contributed by atoms with van der Waals surface area (Å²) in [7, 11) is 1.38. The molecule has 2 aromatic heterocycles. The van der Waals surface area contributed by atoms with E-state index in [2.05, 4.69) is 20.4 Å². The highest BCUT2D eigenvalue weighted by Gasteiger charge is 2.37. The van der Waals surface area contributed by atoms with Crippen LogP contribution in [-0.4, -0.2) is 83.7 Å². The molecule has 37 heavy (non-hydrogen) atoms. The third kappa shape index (κ3) is 6.96. The molecule has 4 rings (SSSR count). The summed E-state index contributed by atoms with van der Waals surface area (Å²) in [6.07, 6.45) is 4.62. The van der Waals surface area contributed by atoms with E-state index in [1.54, 1.807) is 10.00 Å². The van der Waals surface area contributed by atoms with Gasteiger partial charge >= 0.3 is 12.3 Å². The first-order valence-electron chi connectivity index (χ1n) is 11.8. The first kappa shape index (κ1) is 26.4. The molecule has 0 bridgehead atoms. The standard InChI is InChI=1S/C23H28F3N7O4/c1-36-14-17(30-18-13-29-31-20(34)19(18)23(24,25)26)3-2-10-37-22(35)33-8-6-32(7-9-33)21-27-11-16(12-28-21)15-4-5-15/h2-3,11-13,15,17H,4-10,14H2,1H3,(H2,30,31,34)/b3-2+. The lowest BCUT2D eigenvalue weighted by Crippen LogP contribution is -2.49. The number of carbonyl (C=O) groups is 1. The fourth-order valence-electron chi connectivity index (χ4n) is 3.96. The van der Waals surface area contributed by atoms with Gasteiger partial charge < -0.3 is 24.6 Å². The summed E-state index contributed by atoms with van der Waals surface area (Å²) < 4.78 is 50.2. The predicted molar refractivity (Wildman–Crippen MR) is 127 cm³/mol. The number of rotatable bonds is 9. The Labute approximate surface area is 210 Å². The Morgan fingerprint density at radius 1 is 1.22 bits per heavy atom. The van der Waals surface area contributed by atoms with Gasteiger partial charge in [0.2, 0.25) is 5.95 Å². The Kier molecular flexibility index (Phi) is 8.26. The number of piperazine rings is 1. The van der Waals surface area contributed by atoms with Crippen molar-refractivity contribution in [2.45, 2.75) is 31.0 Å². The average Bonchev–Trinajstić information content (AvgIpc) is 3.72. The third-order valence-corrected chi connectivity index (χ3v) is 6.03. The minimum Gasteiger partial charge on any atom is -0.445 e. The number of ether oxygens (including phenoxy) is 2. The van der Waals surface area contributed by atoms with E-state index < -0.39 is 35.1 Å². The number of hydrogen-bond acceptors (Lipinski definition) is 9. The molecule has 1 atom stereocenters. The molecular weight excluding hydrogens is 495 g/mol. The number of methoxy groups -OCH3 is 1. The number of halogens is 3. The number of aromatic nitrogens is 4. The van der Waals surface area contributed by atoms with Crippen molar-refractivity contribution in [1.29, 1.82) is 0 Å². The number of nitrogens with zero attached hydrogens (tertiary/aromatic N) is 5. The van der Waals surface area contributed by atoms with Gasteiger partial charge in [0.25, 0.3) is 5.56 Å². The molecule has 11 nitrogen and oxygen atoms in total. The minimum absolute atomic E-state index is 0.000207. The summed E-state index contributed by atoms with van der Waals surface area (Å²) in [4.78, 5) is 36.6. The average molecular weight is 524 g/mol. The highest BCUT2D eigenvalue weighted by atomic mass is 19.4. The summed E-state index contributed by atoms with van der Waals surface area (Å²) in [5.41, 5.74) is -2.05. The zero-order valence-electron chi connectivity index (χ0n) is 20.2. The summed E-state index contributed by atoms with van der Waals surface area (Å²) in [5.74, 6) is 1.23. The van der Waals surface area contributed by atoms with Gasteiger partial charge in [-0.15, -0.1) is 0 Å². The molecule has 3 heterocycles. The molecule has 1 saturated carbocycles. The molecule has 2 fully saturated rings. The normalized spacial score (nSPS) is 17.2. The number of H-pyrrole nitrogens is 1. The van der Waals surface area contributed by atoms with Gasteiger partial charge in [-0.2, -0.15) is 18.3 Å². The smallest absolute Gasteiger partial charge is 0.423 e. The molecule has 200 valence electrons. The molecule has 1 unspecified atom stereocenters. The maximum atomic E-state index is 13.3. The SMILES string of the molecule is COCC(/C=C/COC(=O)N1CCN(c2ncc(C3CC3)cn2)CC1)Nc1cn[nH]c(=O)c1C(F)(F)F. The van der Waals surface area contributed by atoms with Crippen molar-refractivity contribution >= 4 is 17.7 Å². The second kappa shape index (κ2) is 11.6. The van der Waals surface area contributed by atoms with Crippen LogP contribution in [0.4, 0.5) is 29.6 Å². The number of carbonyl (C=O) groups excluding carboxylic acids is 1. The second-order valence-corrected chi connectivity index (χ2v) is 8.76. The molecule has 1 aliphatic heterocycles. The summed E-state index contributed by atoms with van der Waals surface area (Å²) >= 11 is 0. The van der Waals surface area contributed by atoms with Crippen LogP contribution in [0, 0.1) is 0 Å². The Morgan fingerprint density at radius 2 is 1.92 bits per heavy atom. The van der Waals surface area contributed by atoms with Gasteiger partial charge in [-0.05, 0) is 30.4 Å². The Morgan fingerprint density at radius 3 is 2.54 bits per heavy atom. The lowest BCUT2D eigenvalue weighted by molar-refractivity contribution is -0.138. The lowest BCUT2D eigenvalue weighted by Gasteiger charge is -2.34. The molecule has 0 radical (unpaired) electrons. The van der Waals surface area contributed by atoms with Crippen LogP contribution < -0.4 is 15.8 Å². The second-order valence-electron chi connectivity index (χ2n) is 8.76. The van der Waals surface area contributed by atoms with Crippen LogP contribution in [0.2, 0.25) is 0 Å². The van der Waals surface area contributed by atoms with Crippen LogP contribution in [-0.2, 0) is 15.7 Å². The van der Waals surface area contributed by atoms with E-state index in [-0.39, 0.29) is 13.2 Å². The molecule has 2 aromatic rings. The highest BCUT2D eigenvalue weighted by molar-refractivity contribution is 5.68. The summed E-state index contributed by atoms with van der Waals surface area (Å²) in [6.45, 7) is 1.94. The molecule has 2 aliphatic rings. The molecular formula is C23H28F3N7O4. The van der Waals surface area contributed by atoms with Crippen molar-refractivity contribution in [1.82, 2.24) is 25.1 Å². The van der Waals surface area contributed by atoms with Crippen molar-refractivity contribution in [3.63, 3.8) is 0 Å². The van der Waals surface area contributed by atoms with Crippen molar-refractivity contribution < 1.29 is 27.4 Å². The van der Waals surface area contributed by atoms with Crippen molar-refractivity contribution in [2.24, 2.45) is 0 Å². The number of hydrogen-bond donors (Lipinski definition) is 2. The molecule has 1 saturated heterocycles. The Balaban J connectivity index is 1.25. The topological polar surface area (TPSA) is 126 Å². The quantitative estimate of drug-likeness (QED) is 0.477.